The first-order valence-electron chi connectivity index (χ1n) is 12.6. The second-order valence-corrected chi connectivity index (χ2v) is 11.6. The van der Waals surface area contributed by atoms with Gasteiger partial charge in [-0.15, -0.1) is 0 Å². The van der Waals surface area contributed by atoms with Gasteiger partial charge in [-0.25, -0.2) is 12.8 Å². The lowest BCUT2D eigenvalue weighted by atomic mass is 10.00. The van der Waals surface area contributed by atoms with E-state index in [1.54, 1.807) is 30.5 Å². The van der Waals surface area contributed by atoms with E-state index in [2.05, 4.69) is 10.3 Å². The molecule has 0 atom stereocenters. The fourth-order valence-corrected chi connectivity index (χ4v) is 5.30. The third kappa shape index (κ3) is 4.72. The lowest BCUT2D eigenvalue weighted by Crippen LogP contribution is -2.25. The number of nitrogens with zero attached hydrogens (tertiary/aromatic N) is 2. The van der Waals surface area contributed by atoms with Gasteiger partial charge in [0.1, 0.15) is 28.5 Å². The summed E-state index contributed by atoms with van der Waals surface area (Å²) in [6, 6.07) is 22.0. The highest BCUT2D eigenvalue weighted by molar-refractivity contribution is 7.92. The lowest BCUT2D eigenvalue weighted by Gasteiger charge is -2.20. The number of pyridine rings is 1. The molecule has 10 heteroatoms. The van der Waals surface area contributed by atoms with E-state index in [4.69, 9.17) is 8.83 Å². The number of sulfonamides is 1. The maximum Gasteiger partial charge on any atom is 0.255 e. The number of aromatic nitrogens is 1. The van der Waals surface area contributed by atoms with Crippen LogP contribution < -0.4 is 9.62 Å². The molecular formula is C31H24FN3O5S. The summed E-state index contributed by atoms with van der Waals surface area (Å²) < 4.78 is 52.3. The van der Waals surface area contributed by atoms with Crippen LogP contribution in [0.15, 0.2) is 93.9 Å². The van der Waals surface area contributed by atoms with E-state index >= 15 is 0 Å². The van der Waals surface area contributed by atoms with E-state index in [-0.39, 0.29) is 16.9 Å². The van der Waals surface area contributed by atoms with Crippen LogP contribution in [-0.2, 0) is 10.0 Å². The molecule has 0 aliphatic rings. The number of nitrogens with one attached hydrogen (secondary N) is 1. The Hall–Kier alpha value is -4.96. The molecule has 1 N–H and O–H groups in total. The van der Waals surface area contributed by atoms with Gasteiger partial charge in [0, 0.05) is 53.8 Å². The molecule has 0 radical (unpaired) electrons. The molecule has 3 heterocycles. The normalized spacial score (nSPS) is 11.7. The number of carbonyl (C=O) groups is 1. The minimum absolute atomic E-state index is 0.230. The highest BCUT2D eigenvalue weighted by Gasteiger charge is 2.26. The van der Waals surface area contributed by atoms with Crippen LogP contribution >= 0.6 is 0 Å². The molecule has 0 saturated heterocycles. The van der Waals surface area contributed by atoms with Gasteiger partial charge in [0.05, 0.1) is 23.2 Å². The van der Waals surface area contributed by atoms with Gasteiger partial charge in [0.25, 0.3) is 5.91 Å². The van der Waals surface area contributed by atoms with E-state index in [1.807, 2.05) is 30.3 Å². The highest BCUT2D eigenvalue weighted by Crippen LogP contribution is 2.41. The number of carbonyl (C=O) groups excluding carboxylic acids is 1. The molecule has 1 amide bonds. The standard InChI is InChI=1S/C31H24FN3O5S/c1-33-31(36)29-23-16-22(24-14-20(12-13-34-24)27-15-19-6-4-5-7-26(19)39-27)25(35(2)41(3,37)38)17-28(23)40-30(29)18-8-10-21(32)11-9-18/h4-17H,1-3H3,(H,33,36). The molecule has 3 aromatic carbocycles. The summed E-state index contributed by atoms with van der Waals surface area (Å²) in [5.41, 5.74) is 3.71. The van der Waals surface area contributed by atoms with E-state index in [9.17, 15) is 17.6 Å². The average Bonchev–Trinajstić information content (AvgIpc) is 3.57. The van der Waals surface area contributed by atoms with Crippen LogP contribution in [0, 0.1) is 5.82 Å². The van der Waals surface area contributed by atoms with Gasteiger partial charge in [-0.2, -0.15) is 0 Å². The largest absolute Gasteiger partial charge is 0.456 e. The Kier molecular flexibility index (Phi) is 6.34. The SMILES string of the molecule is CNC(=O)c1c(-c2ccc(F)cc2)oc2cc(N(C)S(C)(=O)=O)c(-c3cc(-c4cc5ccccc5o4)ccn3)cc12. The number of hydrogen-bond donors (Lipinski definition) is 1. The van der Waals surface area contributed by atoms with Gasteiger partial charge in [-0.05, 0) is 54.6 Å². The molecular weight excluding hydrogens is 545 g/mol. The van der Waals surface area contributed by atoms with Crippen LogP contribution in [0.1, 0.15) is 10.4 Å². The fraction of sp³-hybridized carbons (Fsp3) is 0.0968. The van der Waals surface area contributed by atoms with Gasteiger partial charge in [-0.3, -0.25) is 14.1 Å². The number of benzene rings is 3. The predicted molar refractivity (Wildman–Crippen MR) is 157 cm³/mol. The fourth-order valence-electron chi connectivity index (χ4n) is 4.79. The number of para-hydroxylation sites is 1. The predicted octanol–water partition coefficient (Wildman–Crippen LogP) is 6.47. The number of fused-ring (bicyclic) bond motifs is 2. The maximum absolute atomic E-state index is 13.7. The molecule has 0 aliphatic carbocycles. The number of furan rings is 2. The maximum atomic E-state index is 13.7. The zero-order valence-corrected chi connectivity index (χ0v) is 23.1. The molecule has 6 rings (SSSR count). The van der Waals surface area contributed by atoms with E-state index in [0.29, 0.717) is 33.7 Å². The van der Waals surface area contributed by atoms with Crippen LogP contribution in [-0.4, -0.2) is 39.7 Å². The number of rotatable bonds is 6. The first-order valence-corrected chi connectivity index (χ1v) is 14.5. The van der Waals surface area contributed by atoms with Gasteiger partial charge in [0.15, 0.2) is 0 Å². The van der Waals surface area contributed by atoms with Gasteiger partial charge >= 0.3 is 0 Å². The van der Waals surface area contributed by atoms with Crippen LogP contribution in [0.2, 0.25) is 0 Å². The second kappa shape index (κ2) is 9.90. The van der Waals surface area contributed by atoms with Crippen molar-refractivity contribution in [2.24, 2.45) is 0 Å². The third-order valence-electron chi connectivity index (χ3n) is 6.95. The molecule has 0 spiro atoms. The molecule has 0 unspecified atom stereocenters. The molecule has 206 valence electrons. The third-order valence-corrected chi connectivity index (χ3v) is 8.14. The summed E-state index contributed by atoms with van der Waals surface area (Å²) in [6.45, 7) is 0. The Labute approximate surface area is 235 Å². The van der Waals surface area contributed by atoms with E-state index in [1.165, 1.54) is 38.4 Å². The lowest BCUT2D eigenvalue weighted by molar-refractivity contribution is 0.0964. The van der Waals surface area contributed by atoms with E-state index < -0.39 is 21.7 Å². The molecule has 41 heavy (non-hydrogen) atoms. The molecule has 0 aliphatic heterocycles. The summed E-state index contributed by atoms with van der Waals surface area (Å²) >= 11 is 0. The Morgan fingerprint density at radius 1 is 0.927 bits per heavy atom. The summed E-state index contributed by atoms with van der Waals surface area (Å²) in [5.74, 6) is 0.0127. The Morgan fingerprint density at radius 3 is 2.39 bits per heavy atom. The molecule has 3 aromatic heterocycles. The molecule has 8 nitrogen and oxygen atoms in total. The Bertz CT molecular complexity index is 2030. The van der Waals surface area contributed by atoms with Crippen molar-refractivity contribution in [1.82, 2.24) is 10.3 Å². The van der Waals surface area contributed by atoms with Crippen molar-refractivity contribution in [3.63, 3.8) is 0 Å². The summed E-state index contributed by atoms with van der Waals surface area (Å²) in [6.07, 6.45) is 2.71. The van der Waals surface area contributed by atoms with Crippen molar-refractivity contribution in [1.29, 1.82) is 0 Å². The molecule has 0 saturated carbocycles. The first-order chi connectivity index (χ1) is 19.6. The molecule has 0 bridgehead atoms. The zero-order chi connectivity index (χ0) is 28.9. The smallest absolute Gasteiger partial charge is 0.255 e. The van der Waals surface area contributed by atoms with Crippen LogP contribution in [0.3, 0.4) is 0 Å². The summed E-state index contributed by atoms with van der Waals surface area (Å²) in [4.78, 5) is 17.7. The van der Waals surface area contributed by atoms with Gasteiger partial charge in [0.2, 0.25) is 10.0 Å². The first kappa shape index (κ1) is 26.3. The topological polar surface area (TPSA) is 106 Å². The van der Waals surface area contributed by atoms with Crippen LogP contribution in [0.25, 0.3) is 55.8 Å². The number of anilines is 1. The van der Waals surface area contributed by atoms with Gasteiger partial charge < -0.3 is 14.2 Å². The number of halogens is 1. The number of amides is 1. The summed E-state index contributed by atoms with van der Waals surface area (Å²) in [5, 5.41) is 4.03. The van der Waals surface area contributed by atoms with Crippen molar-refractivity contribution in [2.75, 3.05) is 24.7 Å². The van der Waals surface area contributed by atoms with Crippen molar-refractivity contribution in [3.8, 4) is 33.9 Å². The Balaban J connectivity index is 1.61. The minimum Gasteiger partial charge on any atom is -0.456 e. The van der Waals surface area contributed by atoms with Crippen LogP contribution in [0.5, 0.6) is 0 Å². The minimum atomic E-state index is -3.69. The van der Waals surface area contributed by atoms with Crippen molar-refractivity contribution in [2.45, 2.75) is 0 Å². The van der Waals surface area contributed by atoms with Crippen molar-refractivity contribution in [3.05, 3.63) is 96.4 Å². The second-order valence-electron chi connectivity index (χ2n) is 9.57. The highest BCUT2D eigenvalue weighted by atomic mass is 32.2. The molecule has 0 fully saturated rings. The average molecular weight is 570 g/mol. The quantitative estimate of drug-likeness (QED) is 0.247. The van der Waals surface area contributed by atoms with Crippen LogP contribution in [0.4, 0.5) is 10.1 Å². The Morgan fingerprint density at radius 2 is 1.68 bits per heavy atom. The van der Waals surface area contributed by atoms with Crippen molar-refractivity contribution < 1.29 is 26.4 Å². The van der Waals surface area contributed by atoms with Gasteiger partial charge in [-0.1, -0.05) is 18.2 Å². The van der Waals surface area contributed by atoms with E-state index in [0.717, 1.165) is 27.1 Å². The summed E-state index contributed by atoms with van der Waals surface area (Å²) in [7, 11) is -0.754. The zero-order valence-electron chi connectivity index (χ0n) is 22.3. The monoisotopic (exact) mass is 569 g/mol. The number of hydrogen-bond acceptors (Lipinski definition) is 6. The van der Waals surface area contributed by atoms with Crippen molar-refractivity contribution >= 4 is 43.6 Å². The molecule has 6 aromatic rings.